The highest BCUT2D eigenvalue weighted by Gasteiger charge is 2.04. The average molecular weight is 273 g/mol. The van der Waals surface area contributed by atoms with Crippen LogP contribution in [0.1, 0.15) is 16.1 Å². The summed E-state index contributed by atoms with van der Waals surface area (Å²) in [5.74, 6) is -0.775. The number of hydrogen-bond acceptors (Lipinski definition) is 4. The molecular formula is C14H12FN3O2. The average Bonchev–Trinajstić information content (AvgIpc) is 2.48. The minimum absolute atomic E-state index is 0.152. The lowest BCUT2D eigenvalue weighted by atomic mass is 10.2. The first-order chi connectivity index (χ1) is 9.70. The van der Waals surface area contributed by atoms with Gasteiger partial charge in [0.05, 0.1) is 13.3 Å². The molecular weight excluding hydrogens is 261 g/mol. The van der Waals surface area contributed by atoms with Gasteiger partial charge in [-0.25, -0.2) is 9.82 Å². The predicted molar refractivity (Wildman–Crippen MR) is 72.2 cm³/mol. The number of halogens is 1. The number of methoxy groups -OCH3 is 1. The van der Waals surface area contributed by atoms with Gasteiger partial charge in [0.15, 0.2) is 11.6 Å². The highest BCUT2D eigenvalue weighted by molar-refractivity contribution is 5.93. The standard InChI is InChI=1S/C14H12FN3O2/c1-20-13-6-5-10(8-11(13)15)9-17-18-14(19)12-4-2-3-7-16-12/h2-9H,1H3,(H,18,19)/b17-9-. The molecule has 5 nitrogen and oxygen atoms in total. The first kappa shape index (κ1) is 13.7. The molecule has 1 aromatic carbocycles. The van der Waals surface area contributed by atoms with E-state index in [-0.39, 0.29) is 11.4 Å². The summed E-state index contributed by atoms with van der Waals surface area (Å²) in [6.45, 7) is 0. The number of ether oxygens (including phenoxy) is 1. The molecule has 0 radical (unpaired) electrons. The lowest BCUT2D eigenvalue weighted by Gasteiger charge is -2.02. The van der Waals surface area contributed by atoms with Gasteiger partial charge in [0.25, 0.3) is 5.91 Å². The maximum atomic E-state index is 13.4. The summed E-state index contributed by atoms with van der Waals surface area (Å²) in [7, 11) is 1.39. The highest BCUT2D eigenvalue weighted by atomic mass is 19.1. The molecule has 0 fully saturated rings. The minimum Gasteiger partial charge on any atom is -0.494 e. The highest BCUT2D eigenvalue weighted by Crippen LogP contribution is 2.16. The van der Waals surface area contributed by atoms with Crippen molar-refractivity contribution in [2.75, 3.05) is 7.11 Å². The molecule has 2 aromatic rings. The van der Waals surface area contributed by atoms with E-state index in [0.717, 1.165) is 0 Å². The smallest absolute Gasteiger partial charge is 0.289 e. The summed E-state index contributed by atoms with van der Waals surface area (Å²) in [5, 5.41) is 3.74. The number of aromatic nitrogens is 1. The number of rotatable bonds is 4. The zero-order valence-electron chi connectivity index (χ0n) is 10.7. The van der Waals surface area contributed by atoms with E-state index in [4.69, 9.17) is 4.74 Å². The Morgan fingerprint density at radius 2 is 2.25 bits per heavy atom. The second kappa shape index (κ2) is 6.42. The Morgan fingerprint density at radius 1 is 1.40 bits per heavy atom. The molecule has 0 aliphatic heterocycles. The molecule has 6 heteroatoms. The van der Waals surface area contributed by atoms with Crippen LogP contribution in [-0.2, 0) is 0 Å². The van der Waals surface area contributed by atoms with Crippen molar-refractivity contribution in [1.82, 2.24) is 10.4 Å². The number of nitrogens with one attached hydrogen (secondary N) is 1. The van der Waals surface area contributed by atoms with Crippen molar-refractivity contribution in [3.63, 3.8) is 0 Å². The normalized spacial score (nSPS) is 10.5. The number of hydrazone groups is 1. The van der Waals surface area contributed by atoms with Crippen LogP contribution in [0.3, 0.4) is 0 Å². The molecule has 20 heavy (non-hydrogen) atoms. The van der Waals surface area contributed by atoms with E-state index in [0.29, 0.717) is 5.56 Å². The van der Waals surface area contributed by atoms with Gasteiger partial charge >= 0.3 is 0 Å². The van der Waals surface area contributed by atoms with Gasteiger partial charge in [0.2, 0.25) is 0 Å². The van der Waals surface area contributed by atoms with E-state index in [9.17, 15) is 9.18 Å². The van der Waals surface area contributed by atoms with Gasteiger partial charge in [-0.2, -0.15) is 5.10 Å². The van der Waals surface area contributed by atoms with Crippen molar-refractivity contribution in [3.05, 3.63) is 59.7 Å². The Bertz CT molecular complexity index is 630. The molecule has 0 unspecified atom stereocenters. The van der Waals surface area contributed by atoms with Gasteiger partial charge in [-0.15, -0.1) is 0 Å². The quantitative estimate of drug-likeness (QED) is 0.684. The molecule has 102 valence electrons. The van der Waals surface area contributed by atoms with Gasteiger partial charge in [-0.3, -0.25) is 9.78 Å². The number of amides is 1. The van der Waals surface area contributed by atoms with Crippen LogP contribution in [0.15, 0.2) is 47.7 Å². The Labute approximate surface area is 115 Å². The Balaban J connectivity index is 2.00. The van der Waals surface area contributed by atoms with Crippen LogP contribution in [0.5, 0.6) is 5.75 Å². The third-order valence-electron chi connectivity index (χ3n) is 2.45. The molecule has 2 rings (SSSR count). The van der Waals surface area contributed by atoms with Gasteiger partial charge in [0, 0.05) is 6.20 Å². The number of benzene rings is 1. The summed E-state index contributed by atoms with van der Waals surface area (Å²) < 4.78 is 18.2. The van der Waals surface area contributed by atoms with Crippen LogP contribution in [0, 0.1) is 5.82 Å². The summed E-state index contributed by atoms with van der Waals surface area (Å²) in [5.41, 5.74) is 3.07. The third-order valence-corrected chi connectivity index (χ3v) is 2.45. The van der Waals surface area contributed by atoms with Crippen LogP contribution in [0.25, 0.3) is 0 Å². The van der Waals surface area contributed by atoms with E-state index in [1.165, 1.54) is 31.7 Å². The number of carbonyl (C=O) groups excluding carboxylic acids is 1. The fourth-order valence-corrected chi connectivity index (χ4v) is 1.48. The molecule has 0 aliphatic carbocycles. The van der Waals surface area contributed by atoms with Crippen molar-refractivity contribution in [2.24, 2.45) is 5.10 Å². The largest absolute Gasteiger partial charge is 0.494 e. The maximum absolute atomic E-state index is 13.4. The Hall–Kier alpha value is -2.76. The number of hydrogen-bond donors (Lipinski definition) is 1. The first-order valence-corrected chi connectivity index (χ1v) is 5.78. The van der Waals surface area contributed by atoms with Gasteiger partial charge in [-0.1, -0.05) is 6.07 Å². The van der Waals surface area contributed by atoms with Crippen LogP contribution in [0.4, 0.5) is 4.39 Å². The zero-order chi connectivity index (χ0) is 14.4. The zero-order valence-corrected chi connectivity index (χ0v) is 10.7. The lowest BCUT2D eigenvalue weighted by Crippen LogP contribution is -2.18. The van der Waals surface area contributed by atoms with Gasteiger partial charge in [0.1, 0.15) is 5.69 Å². The van der Waals surface area contributed by atoms with Crippen molar-refractivity contribution >= 4 is 12.1 Å². The maximum Gasteiger partial charge on any atom is 0.289 e. The van der Waals surface area contributed by atoms with Crippen LogP contribution in [-0.4, -0.2) is 24.2 Å². The summed E-state index contributed by atoms with van der Waals surface area (Å²) in [4.78, 5) is 15.5. The fraction of sp³-hybridized carbons (Fsp3) is 0.0714. The van der Waals surface area contributed by atoms with E-state index >= 15 is 0 Å². The Morgan fingerprint density at radius 3 is 2.90 bits per heavy atom. The molecule has 0 saturated heterocycles. The molecule has 1 N–H and O–H groups in total. The monoisotopic (exact) mass is 273 g/mol. The van der Waals surface area contributed by atoms with E-state index in [1.54, 1.807) is 24.3 Å². The topological polar surface area (TPSA) is 63.6 Å². The molecule has 0 bridgehead atoms. The van der Waals surface area contributed by atoms with Crippen molar-refractivity contribution in [2.45, 2.75) is 0 Å². The van der Waals surface area contributed by atoms with Crippen LogP contribution in [0.2, 0.25) is 0 Å². The fourth-order valence-electron chi connectivity index (χ4n) is 1.48. The minimum atomic E-state index is -0.493. The third kappa shape index (κ3) is 3.38. The second-order valence-electron chi connectivity index (χ2n) is 3.81. The summed E-state index contributed by atoms with van der Waals surface area (Å²) in [6.07, 6.45) is 2.85. The molecule has 1 amide bonds. The molecule has 0 atom stereocenters. The van der Waals surface area contributed by atoms with E-state index < -0.39 is 11.7 Å². The second-order valence-corrected chi connectivity index (χ2v) is 3.81. The van der Waals surface area contributed by atoms with Crippen molar-refractivity contribution in [1.29, 1.82) is 0 Å². The van der Waals surface area contributed by atoms with E-state index in [2.05, 4.69) is 15.5 Å². The van der Waals surface area contributed by atoms with Gasteiger partial charge < -0.3 is 4.74 Å². The molecule has 0 saturated carbocycles. The van der Waals surface area contributed by atoms with Gasteiger partial charge in [-0.05, 0) is 35.9 Å². The summed E-state index contributed by atoms with van der Waals surface area (Å²) in [6, 6.07) is 9.34. The molecule has 1 aromatic heterocycles. The predicted octanol–water partition coefficient (Wildman–Crippen LogP) is 1.99. The number of nitrogens with zero attached hydrogens (tertiary/aromatic N) is 2. The molecule has 1 heterocycles. The SMILES string of the molecule is COc1ccc(/C=N\NC(=O)c2ccccn2)cc1F. The van der Waals surface area contributed by atoms with E-state index in [1.807, 2.05) is 0 Å². The van der Waals surface area contributed by atoms with Crippen molar-refractivity contribution < 1.29 is 13.9 Å². The molecule has 0 aliphatic rings. The Kier molecular flexibility index (Phi) is 4.39. The summed E-state index contributed by atoms with van der Waals surface area (Å²) >= 11 is 0. The van der Waals surface area contributed by atoms with Crippen molar-refractivity contribution in [3.8, 4) is 5.75 Å². The molecule has 0 spiro atoms. The first-order valence-electron chi connectivity index (χ1n) is 5.78. The lowest BCUT2D eigenvalue weighted by molar-refractivity contribution is 0.0950. The van der Waals surface area contributed by atoms with Crippen LogP contribution >= 0.6 is 0 Å². The number of carbonyl (C=O) groups is 1. The van der Waals surface area contributed by atoms with Crippen LogP contribution < -0.4 is 10.2 Å². The number of pyridine rings is 1.